The maximum absolute atomic E-state index is 8.00. The lowest BCUT2D eigenvalue weighted by Gasteiger charge is -2.28. The second kappa shape index (κ2) is 16.6. The average molecular weight is 574 g/mol. The Hall–Kier alpha value is -3.21. The topological polar surface area (TPSA) is 46.3 Å². The van der Waals surface area contributed by atoms with Gasteiger partial charge in [0.1, 0.15) is 6.79 Å². The van der Waals surface area contributed by atoms with E-state index in [1.165, 1.54) is 27.9 Å². The standard InChI is InChI=1S/C17H19N.C9H12BrN.C7H8.CH2O/c1-13-12-18(17-11-7-6-10-16(13)17)14(2)15-8-4-3-5-9-15;1-7(6-11)8-4-2-3-5-9(8)10;1-7-5-3-2-4-6-7;1-2/h3-11,13-14H,12H2,1-2H3;2-5,7H,6,11H2,1H3;2-6H,1H3;1H2. The molecule has 1 aliphatic rings. The van der Waals surface area contributed by atoms with E-state index in [0.29, 0.717) is 24.4 Å². The summed E-state index contributed by atoms with van der Waals surface area (Å²) in [7, 11) is 0. The number of rotatable bonds is 4. The summed E-state index contributed by atoms with van der Waals surface area (Å²) in [5.74, 6) is 1.07. The van der Waals surface area contributed by atoms with Gasteiger partial charge in [-0.05, 0) is 55.1 Å². The van der Waals surface area contributed by atoms with Gasteiger partial charge in [-0.3, -0.25) is 0 Å². The number of nitrogens with zero attached hydrogens (tertiary/aromatic N) is 1. The third kappa shape index (κ3) is 8.97. The summed E-state index contributed by atoms with van der Waals surface area (Å²) in [5, 5.41) is 0. The highest BCUT2D eigenvalue weighted by Crippen LogP contribution is 2.40. The van der Waals surface area contributed by atoms with Gasteiger partial charge in [0.2, 0.25) is 0 Å². The van der Waals surface area contributed by atoms with Crippen molar-refractivity contribution in [2.24, 2.45) is 5.73 Å². The Kier molecular flexibility index (Phi) is 13.5. The van der Waals surface area contributed by atoms with Crippen LogP contribution >= 0.6 is 15.9 Å². The van der Waals surface area contributed by atoms with Crippen LogP contribution in [0.3, 0.4) is 0 Å². The first-order valence-electron chi connectivity index (χ1n) is 13.1. The van der Waals surface area contributed by atoms with Crippen LogP contribution in [-0.4, -0.2) is 19.9 Å². The number of para-hydroxylation sites is 1. The van der Waals surface area contributed by atoms with Gasteiger partial charge in [0.05, 0.1) is 6.04 Å². The molecule has 0 spiro atoms. The van der Waals surface area contributed by atoms with Crippen molar-refractivity contribution in [3.63, 3.8) is 0 Å². The molecular weight excluding hydrogens is 532 g/mol. The Bertz CT molecular complexity index is 1200. The van der Waals surface area contributed by atoms with E-state index >= 15 is 0 Å². The number of hydrogen-bond donors (Lipinski definition) is 1. The highest BCUT2D eigenvalue weighted by atomic mass is 79.9. The molecule has 0 aromatic heterocycles. The van der Waals surface area contributed by atoms with Crippen LogP contribution in [-0.2, 0) is 4.79 Å². The molecule has 4 aromatic carbocycles. The summed E-state index contributed by atoms with van der Waals surface area (Å²) >= 11 is 3.48. The Morgan fingerprint density at radius 2 is 1.37 bits per heavy atom. The van der Waals surface area contributed by atoms with Crippen molar-refractivity contribution in [3.05, 3.63) is 136 Å². The SMILES string of the molecule is C=O.CC(CN)c1ccccc1Br.CC1CN(C(C)c2ccccc2)c2ccccc21.Cc1ccccc1. The van der Waals surface area contributed by atoms with E-state index in [4.69, 9.17) is 10.5 Å². The van der Waals surface area contributed by atoms with Crippen LogP contribution in [0.15, 0.2) is 114 Å². The zero-order valence-electron chi connectivity index (χ0n) is 23.1. The summed E-state index contributed by atoms with van der Waals surface area (Å²) in [4.78, 5) is 10.5. The zero-order valence-corrected chi connectivity index (χ0v) is 24.6. The summed E-state index contributed by atoms with van der Waals surface area (Å²) in [6.45, 7) is 12.6. The van der Waals surface area contributed by atoms with Crippen molar-refractivity contribution >= 4 is 28.4 Å². The van der Waals surface area contributed by atoms with E-state index in [1.807, 2.05) is 43.2 Å². The number of halogens is 1. The predicted molar refractivity (Wildman–Crippen MR) is 167 cm³/mol. The predicted octanol–water partition coefficient (Wildman–Crippen LogP) is 8.69. The van der Waals surface area contributed by atoms with Gasteiger partial charge < -0.3 is 15.4 Å². The van der Waals surface area contributed by atoms with E-state index in [1.54, 1.807) is 0 Å². The quantitative estimate of drug-likeness (QED) is 0.266. The largest absolute Gasteiger partial charge is 0.364 e. The molecule has 2 N–H and O–H groups in total. The van der Waals surface area contributed by atoms with Gasteiger partial charge in [-0.15, -0.1) is 0 Å². The molecule has 0 bridgehead atoms. The molecule has 5 rings (SSSR count). The first kappa shape index (κ1) is 31.0. The van der Waals surface area contributed by atoms with Gasteiger partial charge in [0.15, 0.2) is 0 Å². The first-order valence-corrected chi connectivity index (χ1v) is 13.9. The highest BCUT2D eigenvalue weighted by Gasteiger charge is 2.28. The summed E-state index contributed by atoms with van der Waals surface area (Å²) in [5.41, 5.74) is 12.4. The van der Waals surface area contributed by atoms with Crippen LogP contribution in [0, 0.1) is 6.92 Å². The monoisotopic (exact) mass is 572 g/mol. The van der Waals surface area contributed by atoms with Crippen LogP contribution in [0.25, 0.3) is 0 Å². The molecule has 0 radical (unpaired) electrons. The lowest BCUT2D eigenvalue weighted by molar-refractivity contribution is -0.0979. The first-order chi connectivity index (χ1) is 18.4. The third-order valence-electron chi connectivity index (χ3n) is 6.73. The minimum Gasteiger partial charge on any atom is -0.364 e. The normalized spacial score (nSPS) is 14.8. The number of anilines is 1. The van der Waals surface area contributed by atoms with Crippen LogP contribution in [0.5, 0.6) is 0 Å². The molecule has 3 unspecified atom stereocenters. The Labute approximate surface area is 237 Å². The second-order valence-electron chi connectivity index (χ2n) is 9.51. The maximum Gasteiger partial charge on any atom is 0.106 e. The van der Waals surface area contributed by atoms with Crippen LogP contribution < -0.4 is 10.6 Å². The van der Waals surface area contributed by atoms with Crippen LogP contribution in [0.1, 0.15) is 60.9 Å². The highest BCUT2D eigenvalue weighted by molar-refractivity contribution is 9.10. The van der Waals surface area contributed by atoms with Crippen molar-refractivity contribution in [2.75, 3.05) is 18.0 Å². The lowest BCUT2D eigenvalue weighted by Crippen LogP contribution is -2.25. The van der Waals surface area contributed by atoms with Gasteiger partial charge in [-0.2, -0.15) is 0 Å². The smallest absolute Gasteiger partial charge is 0.106 e. The number of nitrogens with two attached hydrogens (primary N) is 1. The number of carbonyl (C=O) groups is 1. The molecule has 0 saturated heterocycles. The molecule has 0 amide bonds. The fourth-order valence-electron chi connectivity index (χ4n) is 4.47. The molecule has 4 heteroatoms. The number of fused-ring (bicyclic) bond motifs is 1. The second-order valence-corrected chi connectivity index (χ2v) is 10.4. The molecule has 3 nitrogen and oxygen atoms in total. The minimum atomic E-state index is 0.436. The van der Waals surface area contributed by atoms with Crippen molar-refractivity contribution in [3.8, 4) is 0 Å². The summed E-state index contributed by atoms with van der Waals surface area (Å²) in [6, 6.07) is 38.4. The van der Waals surface area contributed by atoms with Crippen LogP contribution in [0.2, 0.25) is 0 Å². The summed E-state index contributed by atoms with van der Waals surface area (Å²) < 4.78 is 1.15. The van der Waals surface area contributed by atoms with Gasteiger partial charge in [-0.1, -0.05) is 132 Å². The molecule has 1 heterocycles. The molecule has 1 aliphatic heterocycles. The van der Waals surface area contributed by atoms with Crippen LogP contribution in [0.4, 0.5) is 5.69 Å². The average Bonchev–Trinajstić information content (AvgIpc) is 3.31. The molecule has 0 aliphatic carbocycles. The Balaban J connectivity index is 0.000000216. The van der Waals surface area contributed by atoms with Crippen molar-refractivity contribution < 1.29 is 4.79 Å². The zero-order chi connectivity index (χ0) is 27.9. The van der Waals surface area contributed by atoms with Gasteiger partial charge in [-0.25, -0.2) is 0 Å². The molecule has 3 atom stereocenters. The Morgan fingerprint density at radius 1 is 0.842 bits per heavy atom. The van der Waals surface area contributed by atoms with E-state index in [-0.39, 0.29) is 0 Å². The maximum atomic E-state index is 8.00. The Morgan fingerprint density at radius 3 is 1.92 bits per heavy atom. The van der Waals surface area contributed by atoms with E-state index in [9.17, 15) is 0 Å². The van der Waals surface area contributed by atoms with Gasteiger partial charge >= 0.3 is 0 Å². The fraction of sp³-hybridized carbons (Fsp3) is 0.265. The molecule has 4 aromatic rings. The minimum absolute atomic E-state index is 0.436. The molecular formula is C34H41BrN2O. The number of carbonyl (C=O) groups excluding carboxylic acids is 1. The molecule has 0 saturated carbocycles. The van der Waals surface area contributed by atoms with Crippen molar-refractivity contribution in [1.29, 1.82) is 0 Å². The van der Waals surface area contributed by atoms with E-state index < -0.39 is 0 Å². The third-order valence-corrected chi connectivity index (χ3v) is 7.45. The number of hydrogen-bond acceptors (Lipinski definition) is 3. The number of benzene rings is 4. The van der Waals surface area contributed by atoms with Crippen molar-refractivity contribution in [1.82, 2.24) is 0 Å². The molecule has 200 valence electrons. The number of aryl methyl sites for hydroxylation is 1. The van der Waals surface area contributed by atoms with Gasteiger partial charge in [0.25, 0.3) is 0 Å². The van der Waals surface area contributed by atoms with Crippen molar-refractivity contribution in [2.45, 2.75) is 45.6 Å². The van der Waals surface area contributed by atoms with E-state index in [2.05, 4.69) is 121 Å². The molecule has 38 heavy (non-hydrogen) atoms. The lowest BCUT2D eigenvalue weighted by atomic mass is 10.0. The summed E-state index contributed by atoms with van der Waals surface area (Å²) in [6.07, 6.45) is 0. The fourth-order valence-corrected chi connectivity index (χ4v) is 5.15. The van der Waals surface area contributed by atoms with Gasteiger partial charge in [0, 0.05) is 22.6 Å². The molecule has 0 fully saturated rings. The van der Waals surface area contributed by atoms with E-state index in [0.717, 1.165) is 11.0 Å².